The summed E-state index contributed by atoms with van der Waals surface area (Å²) in [6.45, 7) is 2.07. The molecule has 0 aromatic rings. The molecule has 10 heavy (non-hydrogen) atoms. The third-order valence-corrected chi connectivity index (χ3v) is 2.39. The molecule has 0 aromatic carbocycles. The largest absolute Gasteiger partial charge is 0.371 e. The molecule has 2 bridgehead atoms. The molecule has 3 unspecified atom stereocenters. The van der Waals surface area contributed by atoms with Crippen LogP contribution in [0.15, 0.2) is 0 Å². The van der Waals surface area contributed by atoms with Crippen molar-refractivity contribution < 1.29 is 4.74 Å². The first-order valence-electron chi connectivity index (χ1n) is 3.85. The van der Waals surface area contributed by atoms with E-state index < -0.39 is 0 Å². The second kappa shape index (κ2) is 2.19. The highest BCUT2D eigenvalue weighted by Gasteiger charge is 2.37. The molecule has 2 heterocycles. The van der Waals surface area contributed by atoms with Crippen molar-refractivity contribution >= 4 is 0 Å². The summed E-state index contributed by atoms with van der Waals surface area (Å²) in [6, 6.07) is 0.287. The monoisotopic (exact) mass is 142 g/mol. The molecule has 58 valence electrons. The van der Waals surface area contributed by atoms with Gasteiger partial charge in [-0.2, -0.15) is 0 Å². The van der Waals surface area contributed by atoms with Crippen LogP contribution in [0.3, 0.4) is 0 Å². The van der Waals surface area contributed by atoms with Crippen LogP contribution in [0.5, 0.6) is 0 Å². The molecular formula is C7H14N2O. The van der Waals surface area contributed by atoms with Crippen molar-refractivity contribution in [2.24, 2.45) is 5.73 Å². The fourth-order valence-electron chi connectivity index (χ4n) is 1.88. The van der Waals surface area contributed by atoms with E-state index in [1.54, 1.807) is 0 Å². The zero-order valence-corrected chi connectivity index (χ0v) is 6.29. The summed E-state index contributed by atoms with van der Waals surface area (Å²) >= 11 is 0. The molecule has 0 aliphatic carbocycles. The van der Waals surface area contributed by atoms with Crippen LogP contribution in [-0.4, -0.2) is 43.3 Å². The van der Waals surface area contributed by atoms with Crippen LogP contribution in [0, 0.1) is 0 Å². The molecule has 3 heteroatoms. The number of nitrogens with zero attached hydrogens (tertiary/aromatic N) is 1. The molecule has 0 aromatic heterocycles. The van der Waals surface area contributed by atoms with E-state index in [0.29, 0.717) is 12.2 Å². The molecule has 2 aliphatic heterocycles. The summed E-state index contributed by atoms with van der Waals surface area (Å²) in [4.78, 5) is 2.30. The summed E-state index contributed by atoms with van der Waals surface area (Å²) in [5.74, 6) is 0. The number of likely N-dealkylation sites (tertiary alicyclic amines) is 1. The minimum atomic E-state index is 0.287. The first-order chi connectivity index (χ1) is 4.75. The van der Waals surface area contributed by atoms with Crippen molar-refractivity contribution in [2.75, 3.05) is 20.1 Å². The summed E-state index contributed by atoms with van der Waals surface area (Å²) in [7, 11) is 2.13. The molecule has 0 amide bonds. The number of hydrogen-bond acceptors (Lipinski definition) is 3. The van der Waals surface area contributed by atoms with Crippen LogP contribution < -0.4 is 5.73 Å². The van der Waals surface area contributed by atoms with Crippen LogP contribution in [-0.2, 0) is 4.74 Å². The Bertz CT molecular complexity index is 135. The van der Waals surface area contributed by atoms with Gasteiger partial charge in [0.05, 0.1) is 12.2 Å². The number of ether oxygens (including phenoxy) is 1. The predicted molar refractivity (Wildman–Crippen MR) is 38.8 cm³/mol. The van der Waals surface area contributed by atoms with E-state index in [1.165, 1.54) is 0 Å². The highest BCUT2D eigenvalue weighted by Crippen LogP contribution is 2.24. The molecule has 2 N–H and O–H groups in total. The van der Waals surface area contributed by atoms with Gasteiger partial charge in [0.1, 0.15) is 0 Å². The Morgan fingerprint density at radius 3 is 3.00 bits per heavy atom. The van der Waals surface area contributed by atoms with Gasteiger partial charge in [-0.25, -0.2) is 0 Å². The average Bonchev–Trinajstić information content (AvgIpc) is 2.07. The lowest BCUT2D eigenvalue weighted by Crippen LogP contribution is -2.43. The standard InChI is InChI=1S/C7H14N2O/c1-9-3-5-2-6(8)7(4-9)10-5/h5-7H,2-4,8H2,1H3. The average molecular weight is 142 g/mol. The minimum Gasteiger partial charge on any atom is -0.371 e. The van der Waals surface area contributed by atoms with Gasteiger partial charge in [-0.1, -0.05) is 0 Å². The van der Waals surface area contributed by atoms with Crippen molar-refractivity contribution in [1.82, 2.24) is 4.90 Å². The van der Waals surface area contributed by atoms with Crippen LogP contribution in [0.4, 0.5) is 0 Å². The van der Waals surface area contributed by atoms with Crippen molar-refractivity contribution in [3.8, 4) is 0 Å². The lowest BCUT2D eigenvalue weighted by Gasteiger charge is -2.29. The minimum absolute atomic E-state index is 0.287. The molecule has 2 aliphatic rings. The van der Waals surface area contributed by atoms with Gasteiger partial charge in [-0.05, 0) is 13.5 Å². The maximum atomic E-state index is 5.83. The fourth-order valence-corrected chi connectivity index (χ4v) is 1.88. The Kier molecular flexibility index (Phi) is 1.44. The molecule has 0 radical (unpaired) electrons. The topological polar surface area (TPSA) is 38.5 Å². The smallest absolute Gasteiger partial charge is 0.0857 e. The van der Waals surface area contributed by atoms with E-state index in [4.69, 9.17) is 10.5 Å². The molecule has 2 rings (SSSR count). The molecule has 2 saturated heterocycles. The van der Waals surface area contributed by atoms with Gasteiger partial charge in [0.15, 0.2) is 0 Å². The Morgan fingerprint density at radius 2 is 2.30 bits per heavy atom. The van der Waals surface area contributed by atoms with E-state index in [0.717, 1.165) is 19.5 Å². The molecular weight excluding hydrogens is 128 g/mol. The van der Waals surface area contributed by atoms with Crippen LogP contribution in [0.1, 0.15) is 6.42 Å². The zero-order valence-electron chi connectivity index (χ0n) is 6.29. The second-order valence-electron chi connectivity index (χ2n) is 3.42. The highest BCUT2D eigenvalue weighted by molar-refractivity contribution is 4.92. The first-order valence-corrected chi connectivity index (χ1v) is 3.85. The lowest BCUT2D eigenvalue weighted by molar-refractivity contribution is -0.0320. The fraction of sp³-hybridized carbons (Fsp3) is 1.00. The zero-order chi connectivity index (χ0) is 7.14. The van der Waals surface area contributed by atoms with E-state index in [9.17, 15) is 0 Å². The summed E-state index contributed by atoms with van der Waals surface area (Å²) < 4.78 is 5.61. The Balaban J connectivity index is 2.06. The predicted octanol–water partition coefficient (Wildman–Crippen LogP) is -0.583. The Hall–Kier alpha value is -0.120. The van der Waals surface area contributed by atoms with Crippen LogP contribution >= 0.6 is 0 Å². The Labute approximate surface area is 61.1 Å². The van der Waals surface area contributed by atoms with E-state index >= 15 is 0 Å². The maximum absolute atomic E-state index is 5.83. The number of fused-ring (bicyclic) bond motifs is 2. The third-order valence-electron chi connectivity index (χ3n) is 2.39. The van der Waals surface area contributed by atoms with Gasteiger partial charge in [-0.3, -0.25) is 0 Å². The molecule has 0 saturated carbocycles. The first kappa shape index (κ1) is 6.58. The van der Waals surface area contributed by atoms with E-state index in [1.807, 2.05) is 0 Å². The van der Waals surface area contributed by atoms with Crippen LogP contribution in [0.25, 0.3) is 0 Å². The molecule has 3 nitrogen and oxygen atoms in total. The number of likely N-dealkylation sites (N-methyl/N-ethyl adjacent to an activating group) is 1. The van der Waals surface area contributed by atoms with Gasteiger partial charge in [0, 0.05) is 19.1 Å². The lowest BCUT2D eigenvalue weighted by atomic mass is 10.1. The van der Waals surface area contributed by atoms with Gasteiger partial charge in [0.2, 0.25) is 0 Å². The van der Waals surface area contributed by atoms with Crippen molar-refractivity contribution in [1.29, 1.82) is 0 Å². The number of morpholine rings is 1. The quantitative estimate of drug-likeness (QED) is 0.491. The number of hydrogen-bond donors (Lipinski definition) is 1. The van der Waals surface area contributed by atoms with Crippen molar-refractivity contribution in [2.45, 2.75) is 24.7 Å². The summed E-state index contributed by atoms with van der Waals surface area (Å²) in [6.07, 6.45) is 1.78. The highest BCUT2D eigenvalue weighted by atomic mass is 16.5. The normalized spacial score (nSPS) is 48.0. The SMILES string of the molecule is CN1CC2CC(N)C(C1)O2. The molecule has 3 atom stereocenters. The van der Waals surface area contributed by atoms with Crippen molar-refractivity contribution in [3.63, 3.8) is 0 Å². The maximum Gasteiger partial charge on any atom is 0.0857 e. The number of nitrogens with two attached hydrogens (primary N) is 1. The van der Waals surface area contributed by atoms with Gasteiger partial charge < -0.3 is 15.4 Å². The van der Waals surface area contributed by atoms with Crippen LogP contribution in [0.2, 0.25) is 0 Å². The molecule has 0 spiro atoms. The van der Waals surface area contributed by atoms with E-state index in [-0.39, 0.29) is 6.04 Å². The molecule has 2 fully saturated rings. The van der Waals surface area contributed by atoms with Gasteiger partial charge >= 0.3 is 0 Å². The third kappa shape index (κ3) is 0.944. The van der Waals surface area contributed by atoms with Gasteiger partial charge in [-0.15, -0.1) is 0 Å². The Morgan fingerprint density at radius 1 is 1.50 bits per heavy atom. The van der Waals surface area contributed by atoms with Gasteiger partial charge in [0.25, 0.3) is 0 Å². The summed E-state index contributed by atoms with van der Waals surface area (Å²) in [5.41, 5.74) is 5.83. The second-order valence-corrected chi connectivity index (χ2v) is 3.42. The van der Waals surface area contributed by atoms with Crippen molar-refractivity contribution in [3.05, 3.63) is 0 Å². The summed E-state index contributed by atoms with van der Waals surface area (Å²) in [5, 5.41) is 0. The number of rotatable bonds is 0. The van der Waals surface area contributed by atoms with E-state index in [2.05, 4.69) is 11.9 Å².